The zero-order valence-electron chi connectivity index (χ0n) is 11.7. The smallest absolute Gasteiger partial charge is 0.216 e. The van der Waals surface area contributed by atoms with Crippen LogP contribution in [-0.2, 0) is 0 Å². The minimum absolute atomic E-state index is 0.485. The fraction of sp³-hybridized carbons (Fsp3) is 0.133. The molecule has 0 unspecified atom stereocenters. The van der Waals surface area contributed by atoms with E-state index in [-0.39, 0.29) is 0 Å². The summed E-state index contributed by atoms with van der Waals surface area (Å²) in [6.07, 6.45) is 1.83. The number of nitrogens with one attached hydrogen (secondary N) is 1. The molecule has 0 spiro atoms. The highest BCUT2D eigenvalue weighted by atomic mass is 32.1. The number of hydrogen-bond donors (Lipinski definition) is 1. The number of hydrogen-bond acceptors (Lipinski definition) is 4. The largest absolute Gasteiger partial charge is 0.250 e. The zero-order valence-corrected chi connectivity index (χ0v) is 13.3. The molecule has 0 bridgehead atoms. The number of H-pyrrole nitrogens is 1. The van der Waals surface area contributed by atoms with Gasteiger partial charge in [-0.2, -0.15) is 14.9 Å². The second-order valence-corrected chi connectivity index (χ2v) is 6.03. The summed E-state index contributed by atoms with van der Waals surface area (Å²) in [6, 6.07) is 10.1. The van der Waals surface area contributed by atoms with Crippen molar-refractivity contribution in [3.05, 3.63) is 56.5 Å². The van der Waals surface area contributed by atoms with Gasteiger partial charge in [-0.05, 0) is 48.6 Å². The molecule has 0 aliphatic rings. The number of aryl methyl sites for hydroxylation is 2. The van der Waals surface area contributed by atoms with Gasteiger partial charge in [-0.3, -0.25) is 0 Å². The minimum atomic E-state index is 0.485. The third-order valence-electron chi connectivity index (χ3n) is 3.23. The Labute approximate surface area is 131 Å². The van der Waals surface area contributed by atoms with E-state index in [0.29, 0.717) is 4.77 Å². The topological polar surface area (TPSA) is 46.0 Å². The highest BCUT2D eigenvalue weighted by Crippen LogP contribution is 2.21. The van der Waals surface area contributed by atoms with E-state index >= 15 is 0 Å². The van der Waals surface area contributed by atoms with Crippen LogP contribution < -0.4 is 0 Å². The van der Waals surface area contributed by atoms with Crippen LogP contribution in [0.25, 0.3) is 11.4 Å². The van der Waals surface area contributed by atoms with Crippen LogP contribution in [0.3, 0.4) is 0 Å². The van der Waals surface area contributed by atoms with Crippen molar-refractivity contribution in [3.63, 3.8) is 0 Å². The molecule has 0 atom stereocenters. The molecule has 6 heteroatoms. The van der Waals surface area contributed by atoms with E-state index in [0.717, 1.165) is 21.8 Å². The second-order valence-electron chi connectivity index (χ2n) is 4.69. The maximum Gasteiger partial charge on any atom is 0.216 e. The van der Waals surface area contributed by atoms with Gasteiger partial charge >= 0.3 is 0 Å². The Bertz CT molecular complexity index is 854. The van der Waals surface area contributed by atoms with Gasteiger partial charge in [0.05, 0.1) is 11.1 Å². The van der Waals surface area contributed by atoms with Crippen molar-refractivity contribution in [2.75, 3.05) is 0 Å². The summed E-state index contributed by atoms with van der Waals surface area (Å²) in [6.45, 7) is 4.11. The van der Waals surface area contributed by atoms with Crippen LogP contribution in [0, 0.1) is 18.6 Å². The first kappa shape index (κ1) is 13.9. The van der Waals surface area contributed by atoms with E-state index in [4.69, 9.17) is 12.2 Å². The normalized spacial score (nSPS) is 11.3. The van der Waals surface area contributed by atoms with Gasteiger partial charge in [0.2, 0.25) is 4.77 Å². The molecule has 3 aromatic rings. The Balaban J connectivity index is 2.07. The van der Waals surface area contributed by atoms with Gasteiger partial charge in [-0.1, -0.05) is 24.3 Å². The summed E-state index contributed by atoms with van der Waals surface area (Å²) in [5.41, 5.74) is 3.36. The van der Waals surface area contributed by atoms with E-state index in [1.165, 1.54) is 5.56 Å². The van der Waals surface area contributed by atoms with Crippen molar-refractivity contribution in [1.82, 2.24) is 14.9 Å². The van der Waals surface area contributed by atoms with Crippen LogP contribution in [0.4, 0.5) is 0 Å². The summed E-state index contributed by atoms with van der Waals surface area (Å²) in [7, 11) is 0. The van der Waals surface area contributed by atoms with Crippen LogP contribution in [0.2, 0.25) is 0 Å². The lowest BCUT2D eigenvalue weighted by Crippen LogP contribution is -1.96. The number of thiophene rings is 1. The van der Waals surface area contributed by atoms with Gasteiger partial charge in [0.25, 0.3) is 0 Å². The molecule has 0 saturated heterocycles. The molecule has 4 nitrogen and oxygen atoms in total. The summed E-state index contributed by atoms with van der Waals surface area (Å²) in [5, 5.41) is 13.7. The predicted molar refractivity (Wildman–Crippen MR) is 89.6 cm³/mol. The molecule has 106 valence electrons. The first-order valence-electron chi connectivity index (χ1n) is 6.48. The molecule has 0 fully saturated rings. The minimum Gasteiger partial charge on any atom is -0.250 e. The van der Waals surface area contributed by atoms with Crippen molar-refractivity contribution in [3.8, 4) is 11.4 Å². The van der Waals surface area contributed by atoms with E-state index in [2.05, 4.69) is 28.3 Å². The van der Waals surface area contributed by atoms with Crippen LogP contribution in [-0.4, -0.2) is 21.1 Å². The SMILES string of the molecule is Cc1ccccc1-c1n[nH]c(=S)n1N=Cc1sccc1C. The summed E-state index contributed by atoms with van der Waals surface area (Å²) in [5.74, 6) is 0.726. The number of nitrogens with zero attached hydrogens (tertiary/aromatic N) is 3. The van der Waals surface area contributed by atoms with Crippen molar-refractivity contribution in [1.29, 1.82) is 0 Å². The van der Waals surface area contributed by atoms with Gasteiger partial charge < -0.3 is 0 Å². The molecule has 0 amide bonds. The molecular formula is C15H14N4S2. The Morgan fingerprint density at radius 3 is 2.76 bits per heavy atom. The highest BCUT2D eigenvalue weighted by Gasteiger charge is 2.10. The molecular weight excluding hydrogens is 300 g/mol. The summed E-state index contributed by atoms with van der Waals surface area (Å²) in [4.78, 5) is 1.12. The number of aromatic amines is 1. The average Bonchev–Trinajstić information content (AvgIpc) is 3.04. The standard InChI is InChI=1S/C15H14N4S2/c1-10-5-3-4-6-12(10)14-17-18-15(20)19(14)16-9-13-11(2)7-8-21-13/h3-9H,1-2H3,(H,18,20). The van der Waals surface area contributed by atoms with Crippen molar-refractivity contribution >= 4 is 29.8 Å². The van der Waals surface area contributed by atoms with Gasteiger partial charge in [-0.15, -0.1) is 11.3 Å². The van der Waals surface area contributed by atoms with E-state index in [9.17, 15) is 0 Å². The van der Waals surface area contributed by atoms with Crippen LogP contribution in [0.5, 0.6) is 0 Å². The monoisotopic (exact) mass is 314 g/mol. The molecule has 0 saturated carbocycles. The van der Waals surface area contributed by atoms with Crippen LogP contribution in [0.15, 0.2) is 40.8 Å². The molecule has 1 aromatic carbocycles. The first-order chi connectivity index (χ1) is 10.2. The highest BCUT2D eigenvalue weighted by molar-refractivity contribution is 7.71. The Kier molecular flexibility index (Phi) is 3.81. The summed E-state index contributed by atoms with van der Waals surface area (Å²) >= 11 is 6.93. The van der Waals surface area contributed by atoms with E-state index in [1.54, 1.807) is 16.0 Å². The van der Waals surface area contributed by atoms with Gasteiger partial charge in [0, 0.05) is 5.56 Å². The molecule has 0 aliphatic carbocycles. The zero-order chi connectivity index (χ0) is 14.8. The van der Waals surface area contributed by atoms with Crippen molar-refractivity contribution in [2.45, 2.75) is 13.8 Å². The molecule has 3 rings (SSSR count). The van der Waals surface area contributed by atoms with Crippen LogP contribution >= 0.6 is 23.6 Å². The average molecular weight is 314 g/mol. The Morgan fingerprint density at radius 1 is 1.24 bits per heavy atom. The summed E-state index contributed by atoms with van der Waals surface area (Å²) < 4.78 is 2.15. The van der Waals surface area contributed by atoms with Gasteiger partial charge in [0.15, 0.2) is 5.82 Å². The number of benzene rings is 1. The predicted octanol–water partition coefficient (Wildman–Crippen LogP) is 4.17. The van der Waals surface area contributed by atoms with E-state index in [1.807, 2.05) is 42.8 Å². The molecule has 2 heterocycles. The lowest BCUT2D eigenvalue weighted by Gasteiger charge is -2.04. The lowest BCUT2D eigenvalue weighted by molar-refractivity contribution is 0.871. The Hall–Kier alpha value is -2.05. The van der Waals surface area contributed by atoms with Gasteiger partial charge in [0.1, 0.15) is 0 Å². The third-order valence-corrected chi connectivity index (χ3v) is 4.45. The number of rotatable bonds is 3. The quantitative estimate of drug-likeness (QED) is 0.582. The third kappa shape index (κ3) is 2.72. The molecule has 2 aromatic heterocycles. The fourth-order valence-corrected chi connectivity index (χ4v) is 2.98. The van der Waals surface area contributed by atoms with Crippen molar-refractivity contribution < 1.29 is 0 Å². The molecule has 1 N–H and O–H groups in total. The van der Waals surface area contributed by atoms with E-state index < -0.39 is 0 Å². The first-order valence-corrected chi connectivity index (χ1v) is 7.77. The second kappa shape index (κ2) is 5.75. The number of aromatic nitrogens is 3. The maximum atomic E-state index is 5.28. The molecule has 0 aliphatic heterocycles. The molecule has 0 radical (unpaired) electrons. The van der Waals surface area contributed by atoms with Gasteiger partial charge in [-0.25, -0.2) is 5.10 Å². The lowest BCUT2D eigenvalue weighted by atomic mass is 10.1. The Morgan fingerprint density at radius 2 is 2.05 bits per heavy atom. The fourth-order valence-electron chi connectivity index (χ4n) is 2.02. The maximum absolute atomic E-state index is 5.28. The molecule has 21 heavy (non-hydrogen) atoms. The van der Waals surface area contributed by atoms with Crippen molar-refractivity contribution in [2.24, 2.45) is 5.10 Å². The van der Waals surface area contributed by atoms with Crippen LogP contribution in [0.1, 0.15) is 16.0 Å².